The van der Waals surface area contributed by atoms with Gasteiger partial charge in [-0.3, -0.25) is 0 Å². The zero-order valence-corrected chi connectivity index (χ0v) is 11.5. The van der Waals surface area contributed by atoms with Crippen molar-refractivity contribution in [3.8, 4) is 0 Å². The van der Waals surface area contributed by atoms with Crippen molar-refractivity contribution < 1.29 is 4.42 Å². The fourth-order valence-electron chi connectivity index (χ4n) is 2.84. The van der Waals surface area contributed by atoms with Crippen molar-refractivity contribution in [3.63, 3.8) is 0 Å². The van der Waals surface area contributed by atoms with Gasteiger partial charge in [0, 0.05) is 12.1 Å². The Bertz CT molecular complexity index is 556. The van der Waals surface area contributed by atoms with Crippen molar-refractivity contribution in [1.29, 1.82) is 0 Å². The Labute approximate surface area is 114 Å². The predicted molar refractivity (Wildman–Crippen MR) is 78.5 cm³/mol. The third kappa shape index (κ3) is 2.67. The monoisotopic (exact) mass is 255 g/mol. The van der Waals surface area contributed by atoms with Crippen molar-refractivity contribution in [3.05, 3.63) is 53.0 Å². The first kappa shape index (κ1) is 12.3. The zero-order valence-electron chi connectivity index (χ0n) is 11.5. The molecule has 0 spiro atoms. The van der Waals surface area contributed by atoms with E-state index in [4.69, 9.17) is 4.42 Å². The summed E-state index contributed by atoms with van der Waals surface area (Å²) in [7, 11) is 0. The highest BCUT2D eigenvalue weighted by Gasteiger charge is 2.12. The summed E-state index contributed by atoms with van der Waals surface area (Å²) in [6.45, 7) is 2.89. The summed E-state index contributed by atoms with van der Waals surface area (Å²) in [4.78, 5) is 0. The Morgan fingerprint density at radius 1 is 1.05 bits per heavy atom. The van der Waals surface area contributed by atoms with Crippen molar-refractivity contribution >= 4 is 5.69 Å². The van der Waals surface area contributed by atoms with Crippen LogP contribution in [0.25, 0.3) is 0 Å². The van der Waals surface area contributed by atoms with E-state index < -0.39 is 0 Å². The van der Waals surface area contributed by atoms with Gasteiger partial charge in [-0.15, -0.1) is 0 Å². The molecule has 100 valence electrons. The van der Waals surface area contributed by atoms with E-state index in [9.17, 15) is 0 Å². The van der Waals surface area contributed by atoms with Crippen molar-refractivity contribution in [2.45, 2.75) is 45.6 Å². The first-order chi connectivity index (χ1) is 9.36. The second-order valence-corrected chi connectivity index (χ2v) is 5.23. The number of hydrogen-bond donors (Lipinski definition) is 1. The first-order valence-electron chi connectivity index (χ1n) is 7.29. The van der Waals surface area contributed by atoms with Gasteiger partial charge in [-0.1, -0.05) is 19.1 Å². The van der Waals surface area contributed by atoms with Gasteiger partial charge in [0.25, 0.3) is 0 Å². The normalized spacial score (nSPS) is 14.2. The van der Waals surface area contributed by atoms with Gasteiger partial charge < -0.3 is 9.73 Å². The Morgan fingerprint density at radius 2 is 1.89 bits per heavy atom. The summed E-state index contributed by atoms with van der Waals surface area (Å²) in [5, 5.41) is 3.53. The van der Waals surface area contributed by atoms with Gasteiger partial charge in [0.2, 0.25) is 0 Å². The average molecular weight is 255 g/mol. The van der Waals surface area contributed by atoms with Crippen molar-refractivity contribution in [2.24, 2.45) is 0 Å². The Morgan fingerprint density at radius 3 is 2.74 bits per heavy atom. The van der Waals surface area contributed by atoms with E-state index in [0.717, 1.165) is 24.5 Å². The predicted octanol–water partition coefficient (Wildman–Crippen LogP) is 4.33. The van der Waals surface area contributed by atoms with Crippen LogP contribution in [0.2, 0.25) is 0 Å². The third-order valence-electron chi connectivity index (χ3n) is 3.91. The second kappa shape index (κ2) is 5.52. The lowest BCUT2D eigenvalue weighted by atomic mass is 9.90. The number of aryl methyl sites for hydroxylation is 2. The molecule has 2 nitrogen and oxygen atoms in total. The molecule has 1 aromatic carbocycles. The fourth-order valence-corrected chi connectivity index (χ4v) is 2.84. The lowest BCUT2D eigenvalue weighted by Crippen LogP contribution is -2.08. The lowest BCUT2D eigenvalue weighted by Gasteiger charge is -2.19. The second-order valence-electron chi connectivity index (χ2n) is 5.23. The van der Waals surface area contributed by atoms with Gasteiger partial charge in [-0.05, 0) is 55.0 Å². The van der Waals surface area contributed by atoms with Gasteiger partial charge in [-0.2, -0.15) is 0 Å². The van der Waals surface area contributed by atoms with E-state index >= 15 is 0 Å². The smallest absolute Gasteiger partial charge is 0.123 e. The van der Waals surface area contributed by atoms with Crippen LogP contribution in [0.3, 0.4) is 0 Å². The molecule has 0 unspecified atom stereocenters. The largest absolute Gasteiger partial charge is 0.464 e. The van der Waals surface area contributed by atoms with Gasteiger partial charge in [0.05, 0.1) is 6.54 Å². The highest BCUT2D eigenvalue weighted by Crippen LogP contribution is 2.28. The van der Waals surface area contributed by atoms with Crippen LogP contribution in [0.1, 0.15) is 42.4 Å². The van der Waals surface area contributed by atoms with E-state index in [1.165, 1.54) is 42.5 Å². The maximum atomic E-state index is 5.74. The molecule has 0 aliphatic heterocycles. The first-order valence-corrected chi connectivity index (χ1v) is 7.29. The molecular weight excluding hydrogens is 234 g/mol. The van der Waals surface area contributed by atoms with E-state index in [-0.39, 0.29) is 0 Å². The maximum absolute atomic E-state index is 5.74. The molecule has 1 aliphatic carbocycles. The summed E-state index contributed by atoms with van der Waals surface area (Å²) in [6, 6.07) is 10.8. The molecule has 0 bridgehead atoms. The summed E-state index contributed by atoms with van der Waals surface area (Å²) in [6.07, 6.45) is 6.03. The molecule has 0 saturated carbocycles. The van der Waals surface area contributed by atoms with Crippen LogP contribution >= 0.6 is 0 Å². The average Bonchev–Trinajstić information content (AvgIpc) is 2.93. The number of benzene rings is 1. The fraction of sp³-hybridized carbons (Fsp3) is 0.412. The van der Waals surface area contributed by atoms with Crippen LogP contribution in [0, 0.1) is 0 Å². The highest BCUT2D eigenvalue weighted by atomic mass is 16.3. The number of furan rings is 1. The van der Waals surface area contributed by atoms with Crippen LogP contribution < -0.4 is 5.32 Å². The highest BCUT2D eigenvalue weighted by molar-refractivity contribution is 5.55. The SMILES string of the molecule is CCc1ccc(CNc2cccc3c2CCCC3)o1. The number of nitrogens with one attached hydrogen (secondary N) is 1. The number of fused-ring (bicyclic) bond motifs is 1. The minimum atomic E-state index is 0.774. The van der Waals surface area contributed by atoms with Crippen LogP contribution in [0.4, 0.5) is 5.69 Å². The topological polar surface area (TPSA) is 25.2 Å². The van der Waals surface area contributed by atoms with Crippen molar-refractivity contribution in [2.75, 3.05) is 5.32 Å². The molecular formula is C17H21NO. The van der Waals surface area contributed by atoms with Gasteiger partial charge in [-0.25, -0.2) is 0 Å². The molecule has 2 heteroatoms. The lowest BCUT2D eigenvalue weighted by molar-refractivity contribution is 0.476. The maximum Gasteiger partial charge on any atom is 0.123 e. The molecule has 0 fully saturated rings. The van der Waals surface area contributed by atoms with Crippen LogP contribution in [-0.4, -0.2) is 0 Å². The summed E-state index contributed by atoms with van der Waals surface area (Å²) >= 11 is 0. The van der Waals surface area contributed by atoms with Crippen molar-refractivity contribution in [1.82, 2.24) is 0 Å². The van der Waals surface area contributed by atoms with Gasteiger partial charge >= 0.3 is 0 Å². The number of rotatable bonds is 4. The Balaban J connectivity index is 1.73. The molecule has 2 aromatic rings. The van der Waals surface area contributed by atoms with Gasteiger partial charge in [0.15, 0.2) is 0 Å². The third-order valence-corrected chi connectivity index (χ3v) is 3.91. The molecule has 0 radical (unpaired) electrons. The van der Waals surface area contributed by atoms with Crippen LogP contribution in [-0.2, 0) is 25.8 Å². The molecule has 0 atom stereocenters. The van der Waals surface area contributed by atoms with E-state index in [1.807, 2.05) is 0 Å². The van der Waals surface area contributed by atoms with Crippen LogP contribution in [0.5, 0.6) is 0 Å². The quantitative estimate of drug-likeness (QED) is 0.879. The molecule has 3 rings (SSSR count). The molecule has 1 heterocycles. The molecule has 1 N–H and O–H groups in total. The Kier molecular flexibility index (Phi) is 3.58. The minimum Gasteiger partial charge on any atom is -0.464 e. The molecule has 0 saturated heterocycles. The summed E-state index contributed by atoms with van der Waals surface area (Å²) in [5.41, 5.74) is 4.31. The molecule has 1 aromatic heterocycles. The minimum absolute atomic E-state index is 0.774. The van der Waals surface area contributed by atoms with E-state index in [2.05, 4.69) is 42.6 Å². The standard InChI is InChI=1S/C17H21NO/c1-2-14-10-11-15(19-14)12-18-17-9-5-7-13-6-3-4-8-16(13)17/h5,7,9-11,18H,2-4,6,8,12H2,1H3. The summed E-state index contributed by atoms with van der Waals surface area (Å²) in [5.74, 6) is 2.08. The molecule has 19 heavy (non-hydrogen) atoms. The van der Waals surface area contributed by atoms with Crippen LogP contribution in [0.15, 0.2) is 34.7 Å². The summed E-state index contributed by atoms with van der Waals surface area (Å²) < 4.78 is 5.74. The zero-order chi connectivity index (χ0) is 13.1. The number of anilines is 1. The van der Waals surface area contributed by atoms with Gasteiger partial charge in [0.1, 0.15) is 11.5 Å². The molecule has 0 amide bonds. The number of hydrogen-bond acceptors (Lipinski definition) is 2. The molecule has 1 aliphatic rings. The van der Waals surface area contributed by atoms with E-state index in [1.54, 1.807) is 0 Å². The Hall–Kier alpha value is -1.70. The van der Waals surface area contributed by atoms with E-state index in [0.29, 0.717) is 0 Å².